The van der Waals surface area contributed by atoms with Gasteiger partial charge >= 0.3 is 0 Å². The Bertz CT molecular complexity index is 1250. The van der Waals surface area contributed by atoms with Gasteiger partial charge in [0.2, 0.25) is 10.0 Å². The lowest BCUT2D eigenvalue weighted by Crippen LogP contribution is -2.35. The van der Waals surface area contributed by atoms with Crippen molar-refractivity contribution in [3.8, 4) is 0 Å². The van der Waals surface area contributed by atoms with Gasteiger partial charge < -0.3 is 5.32 Å². The average Bonchev–Trinajstić information content (AvgIpc) is 3.34. The van der Waals surface area contributed by atoms with Crippen molar-refractivity contribution in [1.29, 1.82) is 0 Å². The number of thiophene rings is 1. The average molecular weight is 498 g/mol. The lowest BCUT2D eigenvalue weighted by molar-refractivity contribution is 0.0950. The zero-order valence-electron chi connectivity index (χ0n) is 19.7. The molecule has 0 aliphatic carbocycles. The molecule has 3 aromatic rings. The van der Waals surface area contributed by atoms with E-state index >= 15 is 0 Å². The van der Waals surface area contributed by atoms with E-state index in [1.54, 1.807) is 29.5 Å². The van der Waals surface area contributed by atoms with Gasteiger partial charge in [-0.15, -0.1) is 11.3 Å². The first-order chi connectivity index (χ1) is 16.4. The second kappa shape index (κ2) is 10.8. The molecule has 2 aromatic carbocycles. The van der Waals surface area contributed by atoms with Gasteiger partial charge in [0.05, 0.1) is 4.90 Å². The third kappa shape index (κ3) is 5.41. The molecule has 1 aliphatic heterocycles. The van der Waals surface area contributed by atoms with Gasteiger partial charge in [-0.1, -0.05) is 44.2 Å². The maximum absolute atomic E-state index is 13.3. The highest BCUT2D eigenvalue weighted by molar-refractivity contribution is 7.89. The molecule has 1 aliphatic rings. The van der Waals surface area contributed by atoms with Crippen LogP contribution in [-0.4, -0.2) is 43.2 Å². The molecule has 0 bridgehead atoms. The Morgan fingerprint density at radius 3 is 2.59 bits per heavy atom. The van der Waals surface area contributed by atoms with E-state index < -0.39 is 10.0 Å². The lowest BCUT2D eigenvalue weighted by atomic mass is 10.1. The van der Waals surface area contributed by atoms with Gasteiger partial charge in [-0.25, -0.2) is 8.42 Å². The topological polar surface area (TPSA) is 69.7 Å². The summed E-state index contributed by atoms with van der Waals surface area (Å²) in [5.74, 6) is -0.284. The molecule has 180 valence electrons. The van der Waals surface area contributed by atoms with E-state index in [1.165, 1.54) is 20.8 Å². The second-order valence-electron chi connectivity index (χ2n) is 8.40. The van der Waals surface area contributed by atoms with Crippen LogP contribution in [0.25, 0.3) is 0 Å². The van der Waals surface area contributed by atoms with Gasteiger partial charge in [-0.3, -0.25) is 9.69 Å². The minimum atomic E-state index is -3.68. The smallest absolute Gasteiger partial charge is 0.251 e. The van der Waals surface area contributed by atoms with Gasteiger partial charge in [0.1, 0.15) is 0 Å². The number of benzene rings is 2. The number of carbonyl (C=O) groups excluding carboxylic acids is 1. The Kier molecular flexibility index (Phi) is 7.83. The van der Waals surface area contributed by atoms with E-state index in [0.29, 0.717) is 25.2 Å². The summed E-state index contributed by atoms with van der Waals surface area (Å²) >= 11 is 1.67. The highest BCUT2D eigenvalue weighted by Crippen LogP contribution is 2.28. The molecule has 1 aromatic heterocycles. The Labute approximate surface area is 206 Å². The number of carbonyl (C=O) groups is 1. The van der Waals surface area contributed by atoms with Crippen molar-refractivity contribution in [3.63, 3.8) is 0 Å². The second-order valence-corrected chi connectivity index (χ2v) is 11.3. The predicted octanol–water partition coefficient (Wildman–Crippen LogP) is 4.27. The van der Waals surface area contributed by atoms with Gasteiger partial charge in [-0.05, 0) is 65.8 Å². The molecule has 0 unspecified atom stereocenters. The largest absolute Gasteiger partial charge is 0.348 e. The SMILES string of the molecule is CCN(CC)Cc1ccccc1CNC(=O)c1cccc(S(=O)(=O)N2CCc3sccc3C2)c1. The first-order valence-corrected chi connectivity index (χ1v) is 14.0. The molecule has 0 saturated carbocycles. The van der Waals surface area contributed by atoms with Crippen LogP contribution in [0.3, 0.4) is 0 Å². The molecule has 0 atom stereocenters. The number of sulfonamides is 1. The molecule has 8 heteroatoms. The summed E-state index contributed by atoms with van der Waals surface area (Å²) < 4.78 is 28.0. The van der Waals surface area contributed by atoms with Gasteiger partial charge in [-0.2, -0.15) is 4.31 Å². The van der Waals surface area contributed by atoms with Crippen LogP contribution >= 0.6 is 11.3 Å². The quantitative estimate of drug-likeness (QED) is 0.479. The molecular formula is C26H31N3O3S2. The Balaban J connectivity index is 1.46. The van der Waals surface area contributed by atoms with Crippen molar-refractivity contribution in [3.05, 3.63) is 87.1 Å². The Morgan fingerprint density at radius 2 is 1.82 bits per heavy atom. The molecule has 4 rings (SSSR count). The summed E-state index contributed by atoms with van der Waals surface area (Å²) in [6.07, 6.45) is 0.722. The summed E-state index contributed by atoms with van der Waals surface area (Å²) in [4.78, 5) is 16.7. The van der Waals surface area contributed by atoms with Crippen molar-refractivity contribution < 1.29 is 13.2 Å². The van der Waals surface area contributed by atoms with Crippen LogP contribution in [0.1, 0.15) is 45.8 Å². The minimum absolute atomic E-state index is 0.153. The van der Waals surface area contributed by atoms with Gasteiger partial charge in [0, 0.05) is 36.6 Å². The minimum Gasteiger partial charge on any atom is -0.348 e. The molecule has 0 saturated heterocycles. The third-order valence-electron chi connectivity index (χ3n) is 6.35. The maximum atomic E-state index is 13.3. The fourth-order valence-electron chi connectivity index (χ4n) is 4.22. The van der Waals surface area contributed by atoms with Gasteiger partial charge in [0.15, 0.2) is 0 Å². The summed E-state index contributed by atoms with van der Waals surface area (Å²) in [7, 11) is -3.68. The van der Waals surface area contributed by atoms with Crippen LogP contribution in [0.2, 0.25) is 0 Å². The Morgan fingerprint density at radius 1 is 1.06 bits per heavy atom. The molecule has 1 N–H and O–H groups in total. The number of hydrogen-bond donors (Lipinski definition) is 1. The first-order valence-electron chi connectivity index (χ1n) is 11.6. The normalized spacial score (nSPS) is 14.2. The fourth-order valence-corrected chi connectivity index (χ4v) is 6.58. The molecule has 0 radical (unpaired) electrons. The van der Waals surface area contributed by atoms with Crippen LogP contribution in [-0.2, 0) is 36.1 Å². The standard InChI is InChI=1S/C26H31N3O3S2/c1-3-28(4-2)18-22-9-6-5-8-21(22)17-27-26(30)20-10-7-11-24(16-20)34(31,32)29-14-12-25-23(19-29)13-15-33-25/h5-11,13,15-16H,3-4,12,14,17-19H2,1-2H3,(H,27,30). The van der Waals surface area contributed by atoms with Crippen LogP contribution < -0.4 is 5.32 Å². The van der Waals surface area contributed by atoms with Crippen molar-refractivity contribution in [2.24, 2.45) is 0 Å². The van der Waals surface area contributed by atoms with E-state index in [-0.39, 0.29) is 10.8 Å². The highest BCUT2D eigenvalue weighted by Gasteiger charge is 2.29. The van der Waals surface area contributed by atoms with Crippen LogP contribution in [0.4, 0.5) is 0 Å². The van der Waals surface area contributed by atoms with E-state index in [2.05, 4.69) is 30.1 Å². The van der Waals surface area contributed by atoms with Gasteiger partial charge in [0.25, 0.3) is 5.91 Å². The number of rotatable bonds is 9. The number of fused-ring (bicyclic) bond motifs is 1. The monoisotopic (exact) mass is 497 g/mol. The summed E-state index contributed by atoms with van der Waals surface area (Å²) in [5, 5.41) is 4.97. The zero-order chi connectivity index (χ0) is 24.1. The number of nitrogens with one attached hydrogen (secondary N) is 1. The van der Waals surface area contributed by atoms with Crippen molar-refractivity contribution in [1.82, 2.24) is 14.5 Å². The summed E-state index contributed by atoms with van der Waals surface area (Å²) in [6.45, 7) is 8.24. The summed E-state index contributed by atoms with van der Waals surface area (Å²) in [5.41, 5.74) is 3.65. The lowest BCUT2D eigenvalue weighted by Gasteiger charge is -2.26. The predicted molar refractivity (Wildman–Crippen MR) is 136 cm³/mol. The van der Waals surface area contributed by atoms with Crippen molar-refractivity contribution in [2.45, 2.75) is 44.8 Å². The molecule has 1 amide bonds. The highest BCUT2D eigenvalue weighted by atomic mass is 32.2. The molecular weight excluding hydrogens is 466 g/mol. The molecule has 0 spiro atoms. The van der Waals surface area contributed by atoms with E-state index in [9.17, 15) is 13.2 Å². The fraction of sp³-hybridized carbons (Fsp3) is 0.346. The van der Waals surface area contributed by atoms with E-state index in [1.807, 2.05) is 29.6 Å². The summed E-state index contributed by atoms with van der Waals surface area (Å²) in [6, 6.07) is 16.4. The first kappa shape index (κ1) is 24.6. The maximum Gasteiger partial charge on any atom is 0.251 e. The third-order valence-corrected chi connectivity index (χ3v) is 9.22. The molecule has 6 nitrogen and oxygen atoms in total. The molecule has 34 heavy (non-hydrogen) atoms. The van der Waals surface area contributed by atoms with Crippen molar-refractivity contribution in [2.75, 3.05) is 19.6 Å². The van der Waals surface area contributed by atoms with E-state index in [0.717, 1.165) is 37.2 Å². The Hall–Kier alpha value is -2.52. The van der Waals surface area contributed by atoms with E-state index in [4.69, 9.17) is 0 Å². The number of nitrogens with zero attached hydrogens (tertiary/aromatic N) is 2. The zero-order valence-corrected chi connectivity index (χ0v) is 21.3. The number of amides is 1. The van der Waals surface area contributed by atoms with Crippen molar-refractivity contribution >= 4 is 27.3 Å². The number of hydrogen-bond acceptors (Lipinski definition) is 5. The van der Waals surface area contributed by atoms with Crippen LogP contribution in [0.5, 0.6) is 0 Å². The molecule has 0 fully saturated rings. The molecule has 2 heterocycles. The van der Waals surface area contributed by atoms with Crippen LogP contribution in [0, 0.1) is 0 Å². The van der Waals surface area contributed by atoms with Crippen LogP contribution in [0.15, 0.2) is 64.9 Å².